The van der Waals surface area contributed by atoms with Crippen LogP contribution in [0.15, 0.2) is 72.8 Å². The molecule has 0 bridgehead atoms. The van der Waals surface area contributed by atoms with Crippen molar-refractivity contribution in [2.24, 2.45) is 0 Å². The number of carboxylic acids is 1. The predicted octanol–water partition coefficient (Wildman–Crippen LogP) is 4.57. The number of aldehydes is 1. The van der Waals surface area contributed by atoms with Gasteiger partial charge in [0.1, 0.15) is 23.9 Å². The number of hydrogen-bond acceptors (Lipinski definition) is 4. The van der Waals surface area contributed by atoms with Crippen molar-refractivity contribution in [1.29, 1.82) is 0 Å². The Balaban J connectivity index is 1.79. The summed E-state index contributed by atoms with van der Waals surface area (Å²) in [6.07, 6.45) is 0.717. The van der Waals surface area contributed by atoms with E-state index >= 15 is 0 Å². The smallest absolute Gasteiger partial charge is 0.335 e. The lowest BCUT2D eigenvalue weighted by atomic mass is 10.2. The standard InChI is InChI=1S/C21H16O5/c22-13-17-9-10-19(26-18-8-4-7-16(11-18)21(23)24)12-20(17)25-14-15-5-2-1-3-6-15/h1-13H,14H2,(H,23,24). The lowest BCUT2D eigenvalue weighted by molar-refractivity contribution is 0.0696. The lowest BCUT2D eigenvalue weighted by Crippen LogP contribution is -1.99. The molecule has 3 rings (SSSR count). The number of carboxylic acid groups (broad SMARTS) is 1. The number of rotatable bonds is 7. The van der Waals surface area contributed by atoms with Gasteiger partial charge in [0.25, 0.3) is 0 Å². The van der Waals surface area contributed by atoms with E-state index in [1.807, 2.05) is 30.3 Å². The Hall–Kier alpha value is -3.60. The van der Waals surface area contributed by atoms with Crippen LogP contribution in [0, 0.1) is 0 Å². The molecule has 5 nitrogen and oxygen atoms in total. The maximum Gasteiger partial charge on any atom is 0.335 e. The second-order valence-electron chi connectivity index (χ2n) is 5.53. The van der Waals surface area contributed by atoms with Gasteiger partial charge in [-0.3, -0.25) is 4.79 Å². The molecule has 1 N–H and O–H groups in total. The van der Waals surface area contributed by atoms with E-state index in [1.54, 1.807) is 30.3 Å². The highest BCUT2D eigenvalue weighted by Gasteiger charge is 2.09. The highest BCUT2D eigenvalue weighted by atomic mass is 16.5. The van der Waals surface area contributed by atoms with E-state index in [2.05, 4.69) is 0 Å². The first-order valence-corrected chi connectivity index (χ1v) is 7.93. The van der Waals surface area contributed by atoms with Crippen LogP contribution >= 0.6 is 0 Å². The minimum atomic E-state index is -1.03. The molecular formula is C21H16O5. The van der Waals surface area contributed by atoms with Gasteiger partial charge in [0.2, 0.25) is 0 Å². The third kappa shape index (κ3) is 4.27. The Morgan fingerprint density at radius 3 is 2.42 bits per heavy atom. The summed E-state index contributed by atoms with van der Waals surface area (Å²) in [5.41, 5.74) is 1.52. The number of benzene rings is 3. The zero-order valence-electron chi connectivity index (χ0n) is 13.8. The van der Waals surface area contributed by atoms with E-state index in [9.17, 15) is 9.59 Å². The van der Waals surface area contributed by atoms with Gasteiger partial charge in [0, 0.05) is 6.07 Å². The van der Waals surface area contributed by atoms with Crippen molar-refractivity contribution in [3.05, 3.63) is 89.5 Å². The van der Waals surface area contributed by atoms with E-state index in [-0.39, 0.29) is 5.56 Å². The monoisotopic (exact) mass is 348 g/mol. The van der Waals surface area contributed by atoms with Crippen molar-refractivity contribution in [3.63, 3.8) is 0 Å². The van der Waals surface area contributed by atoms with Crippen LogP contribution in [0.3, 0.4) is 0 Å². The summed E-state index contributed by atoms with van der Waals surface area (Å²) in [7, 11) is 0. The van der Waals surface area contributed by atoms with Crippen molar-refractivity contribution >= 4 is 12.3 Å². The largest absolute Gasteiger partial charge is 0.488 e. The number of aromatic carboxylic acids is 1. The van der Waals surface area contributed by atoms with Gasteiger partial charge in [-0.05, 0) is 35.9 Å². The third-order valence-corrected chi connectivity index (χ3v) is 3.67. The first kappa shape index (κ1) is 17.2. The van der Waals surface area contributed by atoms with E-state index in [0.29, 0.717) is 29.4 Å². The fraction of sp³-hybridized carbons (Fsp3) is 0.0476. The van der Waals surface area contributed by atoms with Crippen LogP contribution < -0.4 is 9.47 Å². The summed E-state index contributed by atoms with van der Waals surface area (Å²) >= 11 is 0. The van der Waals surface area contributed by atoms with Crippen molar-refractivity contribution in [2.75, 3.05) is 0 Å². The van der Waals surface area contributed by atoms with Crippen LogP contribution in [-0.2, 0) is 6.61 Å². The summed E-state index contributed by atoms with van der Waals surface area (Å²) in [4.78, 5) is 22.3. The number of ether oxygens (including phenoxy) is 2. The fourth-order valence-electron chi connectivity index (χ4n) is 2.36. The molecule has 130 valence electrons. The Kier molecular flexibility index (Phi) is 5.29. The van der Waals surface area contributed by atoms with Crippen molar-refractivity contribution in [2.45, 2.75) is 6.61 Å². The molecule has 0 heterocycles. The molecule has 0 aromatic heterocycles. The molecular weight excluding hydrogens is 332 g/mol. The molecule has 0 spiro atoms. The molecule has 0 amide bonds. The van der Waals surface area contributed by atoms with Gasteiger partial charge in [-0.2, -0.15) is 0 Å². The Bertz CT molecular complexity index is 919. The van der Waals surface area contributed by atoms with Crippen LogP contribution in [0.4, 0.5) is 0 Å². The first-order valence-electron chi connectivity index (χ1n) is 7.93. The van der Waals surface area contributed by atoms with Gasteiger partial charge in [-0.1, -0.05) is 36.4 Å². The second kappa shape index (κ2) is 7.98. The molecule has 0 aliphatic rings. The van der Waals surface area contributed by atoms with Crippen LogP contribution in [0.2, 0.25) is 0 Å². The van der Waals surface area contributed by atoms with Gasteiger partial charge >= 0.3 is 5.97 Å². The van der Waals surface area contributed by atoms with Crippen molar-refractivity contribution < 1.29 is 24.2 Å². The molecule has 0 radical (unpaired) electrons. The predicted molar refractivity (Wildman–Crippen MR) is 96.1 cm³/mol. The maximum atomic E-state index is 11.2. The molecule has 5 heteroatoms. The van der Waals surface area contributed by atoms with Crippen molar-refractivity contribution in [1.82, 2.24) is 0 Å². The first-order chi connectivity index (χ1) is 12.7. The van der Waals surface area contributed by atoms with Crippen LogP contribution in [0.25, 0.3) is 0 Å². The molecule has 0 saturated heterocycles. The molecule has 0 saturated carbocycles. The Morgan fingerprint density at radius 2 is 1.69 bits per heavy atom. The van der Waals surface area contributed by atoms with E-state index in [4.69, 9.17) is 14.6 Å². The highest BCUT2D eigenvalue weighted by Crippen LogP contribution is 2.29. The van der Waals surface area contributed by atoms with Gasteiger partial charge in [0.15, 0.2) is 6.29 Å². The minimum Gasteiger partial charge on any atom is -0.488 e. The molecule has 0 aliphatic carbocycles. The summed E-state index contributed by atoms with van der Waals surface area (Å²) in [6, 6.07) is 20.6. The van der Waals surface area contributed by atoms with Gasteiger partial charge in [0.05, 0.1) is 11.1 Å². The number of carbonyl (C=O) groups excluding carboxylic acids is 1. The van der Waals surface area contributed by atoms with Gasteiger partial charge < -0.3 is 14.6 Å². The SMILES string of the molecule is O=Cc1ccc(Oc2cccc(C(=O)O)c2)cc1OCc1ccccc1. The summed E-state index contributed by atoms with van der Waals surface area (Å²) < 4.78 is 11.5. The van der Waals surface area contributed by atoms with Crippen molar-refractivity contribution in [3.8, 4) is 17.2 Å². The number of hydrogen-bond donors (Lipinski definition) is 1. The molecule has 26 heavy (non-hydrogen) atoms. The normalized spacial score (nSPS) is 10.2. The van der Waals surface area contributed by atoms with Crippen LogP contribution in [0.5, 0.6) is 17.2 Å². The zero-order valence-corrected chi connectivity index (χ0v) is 13.8. The quantitative estimate of drug-likeness (QED) is 0.633. The van der Waals surface area contributed by atoms with Crippen LogP contribution in [-0.4, -0.2) is 17.4 Å². The van der Waals surface area contributed by atoms with Gasteiger partial charge in [-0.15, -0.1) is 0 Å². The lowest BCUT2D eigenvalue weighted by Gasteiger charge is -2.12. The summed E-state index contributed by atoms with van der Waals surface area (Å²) in [6.45, 7) is 0.319. The van der Waals surface area contributed by atoms with E-state index in [0.717, 1.165) is 11.8 Å². The van der Waals surface area contributed by atoms with Crippen LogP contribution in [0.1, 0.15) is 26.3 Å². The average molecular weight is 348 g/mol. The summed E-state index contributed by atoms with van der Waals surface area (Å²) in [5.74, 6) is 0.202. The topological polar surface area (TPSA) is 72.8 Å². The Morgan fingerprint density at radius 1 is 0.923 bits per heavy atom. The molecule has 3 aromatic rings. The summed E-state index contributed by atoms with van der Waals surface area (Å²) in [5, 5.41) is 9.05. The zero-order chi connectivity index (χ0) is 18.4. The minimum absolute atomic E-state index is 0.132. The molecule has 0 fully saturated rings. The van der Waals surface area contributed by atoms with E-state index < -0.39 is 5.97 Å². The molecule has 0 atom stereocenters. The molecule has 0 aliphatic heterocycles. The third-order valence-electron chi connectivity index (χ3n) is 3.67. The second-order valence-corrected chi connectivity index (χ2v) is 5.53. The average Bonchev–Trinajstić information content (AvgIpc) is 2.67. The van der Waals surface area contributed by atoms with Gasteiger partial charge in [-0.25, -0.2) is 4.79 Å². The Labute approximate surface area is 150 Å². The fourth-order valence-corrected chi connectivity index (χ4v) is 2.36. The maximum absolute atomic E-state index is 11.2. The number of carbonyl (C=O) groups is 2. The molecule has 0 unspecified atom stereocenters. The highest BCUT2D eigenvalue weighted by molar-refractivity contribution is 5.88. The van der Waals surface area contributed by atoms with E-state index in [1.165, 1.54) is 12.1 Å². The molecule has 3 aromatic carbocycles.